The number of unbranched alkanes of at least 4 members (excludes halogenated alkanes) is 9. The molecule has 0 bridgehead atoms. The van der Waals surface area contributed by atoms with Crippen LogP contribution in [0.2, 0.25) is 0 Å². The summed E-state index contributed by atoms with van der Waals surface area (Å²) >= 11 is 0. The van der Waals surface area contributed by atoms with Gasteiger partial charge in [-0.25, -0.2) is 4.79 Å². The van der Waals surface area contributed by atoms with Crippen molar-refractivity contribution >= 4 is 12.1 Å². The lowest BCUT2D eigenvalue weighted by Crippen LogP contribution is -2.21. The van der Waals surface area contributed by atoms with Crippen molar-refractivity contribution in [2.24, 2.45) is 0 Å². The van der Waals surface area contributed by atoms with Crippen LogP contribution in [0, 0.1) is 0 Å². The summed E-state index contributed by atoms with van der Waals surface area (Å²) in [7, 11) is 0. The highest BCUT2D eigenvalue weighted by Crippen LogP contribution is 2.10. The number of ether oxygens (including phenoxy) is 1. The number of nitrogens with one attached hydrogen (secondary N) is 1. The molecule has 0 saturated carbocycles. The highest BCUT2D eigenvalue weighted by atomic mass is 16.5. The first-order chi connectivity index (χ1) is 10.7. The summed E-state index contributed by atoms with van der Waals surface area (Å²) in [5.74, 6) is -0.102. The van der Waals surface area contributed by atoms with Gasteiger partial charge in [-0.2, -0.15) is 0 Å². The Morgan fingerprint density at radius 2 is 1.45 bits per heavy atom. The van der Waals surface area contributed by atoms with Crippen LogP contribution in [0.3, 0.4) is 0 Å². The number of hydrogen-bond acceptors (Lipinski definition) is 3. The third-order valence-corrected chi connectivity index (χ3v) is 3.59. The van der Waals surface area contributed by atoms with Crippen LogP contribution in [0.4, 0.5) is 4.79 Å². The Morgan fingerprint density at radius 3 is 2.09 bits per heavy atom. The molecule has 0 saturated heterocycles. The van der Waals surface area contributed by atoms with Crippen molar-refractivity contribution in [2.75, 3.05) is 13.2 Å². The van der Waals surface area contributed by atoms with Gasteiger partial charge < -0.3 is 15.2 Å². The Morgan fingerprint density at radius 1 is 0.864 bits per heavy atom. The molecule has 0 unspecified atom stereocenters. The minimum absolute atomic E-state index is 0.102. The maximum absolute atomic E-state index is 11.5. The molecule has 0 heterocycles. The predicted octanol–water partition coefficient (Wildman–Crippen LogP) is 4.50. The molecule has 0 spiro atoms. The highest BCUT2D eigenvalue weighted by Gasteiger charge is 2.02. The standard InChI is InChI=1S/C17H33NO4/c1-2-3-4-5-6-7-8-10-13-16(19)22-15-12-9-11-14-18-17(20)21/h18H,2-15H2,1H3,(H,20,21). The average molecular weight is 315 g/mol. The molecule has 0 atom stereocenters. The first kappa shape index (κ1) is 20.7. The molecule has 22 heavy (non-hydrogen) atoms. The normalized spacial score (nSPS) is 10.4. The fourth-order valence-corrected chi connectivity index (χ4v) is 2.26. The lowest BCUT2D eigenvalue weighted by Gasteiger charge is -2.05. The minimum atomic E-state index is -0.989. The van der Waals surface area contributed by atoms with Crippen LogP contribution in [0.5, 0.6) is 0 Å². The zero-order valence-electron chi connectivity index (χ0n) is 14.1. The van der Waals surface area contributed by atoms with Crippen LogP contribution in [-0.4, -0.2) is 30.3 Å². The lowest BCUT2D eigenvalue weighted by molar-refractivity contribution is -0.143. The van der Waals surface area contributed by atoms with Crippen molar-refractivity contribution in [3.8, 4) is 0 Å². The van der Waals surface area contributed by atoms with Gasteiger partial charge in [0.25, 0.3) is 0 Å². The highest BCUT2D eigenvalue weighted by molar-refractivity contribution is 5.69. The Kier molecular flexibility index (Phi) is 15.2. The average Bonchev–Trinajstić information content (AvgIpc) is 2.48. The summed E-state index contributed by atoms with van der Waals surface area (Å²) < 4.78 is 5.15. The molecule has 0 radical (unpaired) electrons. The van der Waals surface area contributed by atoms with E-state index in [0.29, 0.717) is 19.6 Å². The third kappa shape index (κ3) is 16.8. The Hall–Kier alpha value is -1.26. The summed E-state index contributed by atoms with van der Waals surface area (Å²) in [4.78, 5) is 21.7. The fourth-order valence-electron chi connectivity index (χ4n) is 2.26. The smallest absolute Gasteiger partial charge is 0.404 e. The van der Waals surface area contributed by atoms with E-state index in [1.165, 1.54) is 38.5 Å². The summed E-state index contributed by atoms with van der Waals surface area (Å²) in [6.45, 7) is 3.13. The number of carboxylic acid groups (broad SMARTS) is 1. The Balaban J connectivity index is 3.18. The van der Waals surface area contributed by atoms with E-state index < -0.39 is 6.09 Å². The van der Waals surface area contributed by atoms with Crippen molar-refractivity contribution in [3.63, 3.8) is 0 Å². The van der Waals surface area contributed by atoms with E-state index in [0.717, 1.165) is 32.1 Å². The summed E-state index contributed by atoms with van der Waals surface area (Å²) in [6, 6.07) is 0. The van der Waals surface area contributed by atoms with E-state index >= 15 is 0 Å². The SMILES string of the molecule is CCCCCCCCCCC(=O)OCCCCCNC(=O)O. The van der Waals surface area contributed by atoms with Crippen molar-refractivity contribution < 1.29 is 19.4 Å². The van der Waals surface area contributed by atoms with E-state index in [1.54, 1.807) is 0 Å². The van der Waals surface area contributed by atoms with Crippen molar-refractivity contribution in [3.05, 3.63) is 0 Å². The molecule has 0 aliphatic carbocycles. The molecule has 0 aromatic rings. The molecule has 0 aromatic heterocycles. The molecular formula is C17H33NO4. The van der Waals surface area contributed by atoms with E-state index in [-0.39, 0.29) is 5.97 Å². The Bertz CT molecular complexity index is 282. The largest absolute Gasteiger partial charge is 0.466 e. The molecule has 5 heteroatoms. The number of esters is 1. The maximum Gasteiger partial charge on any atom is 0.404 e. The second kappa shape index (κ2) is 16.1. The molecular weight excluding hydrogens is 282 g/mol. The molecule has 5 nitrogen and oxygen atoms in total. The van der Waals surface area contributed by atoms with Gasteiger partial charge in [-0.1, -0.05) is 51.9 Å². The van der Waals surface area contributed by atoms with Crippen LogP contribution in [0.25, 0.3) is 0 Å². The van der Waals surface area contributed by atoms with Gasteiger partial charge >= 0.3 is 12.1 Å². The van der Waals surface area contributed by atoms with Crippen molar-refractivity contribution in [2.45, 2.75) is 84.0 Å². The topological polar surface area (TPSA) is 75.6 Å². The Labute approximate surface area is 134 Å². The van der Waals surface area contributed by atoms with E-state index in [9.17, 15) is 9.59 Å². The molecule has 1 amide bonds. The number of carbonyl (C=O) groups excluding carboxylic acids is 1. The maximum atomic E-state index is 11.5. The van der Waals surface area contributed by atoms with E-state index in [4.69, 9.17) is 9.84 Å². The quantitative estimate of drug-likeness (QED) is 0.344. The van der Waals surface area contributed by atoms with Crippen molar-refractivity contribution in [1.82, 2.24) is 5.32 Å². The minimum Gasteiger partial charge on any atom is -0.466 e. The van der Waals surface area contributed by atoms with Gasteiger partial charge in [0.05, 0.1) is 6.61 Å². The van der Waals surface area contributed by atoms with Crippen LogP contribution in [0.15, 0.2) is 0 Å². The molecule has 0 aliphatic heterocycles. The summed E-state index contributed by atoms with van der Waals surface area (Å²) in [5, 5.41) is 10.7. The van der Waals surface area contributed by atoms with Gasteiger partial charge in [0.1, 0.15) is 0 Å². The van der Waals surface area contributed by atoms with Crippen LogP contribution < -0.4 is 5.32 Å². The van der Waals surface area contributed by atoms with Gasteiger partial charge in [0.15, 0.2) is 0 Å². The van der Waals surface area contributed by atoms with Crippen LogP contribution in [0.1, 0.15) is 84.0 Å². The monoisotopic (exact) mass is 315 g/mol. The second-order valence-corrected chi connectivity index (χ2v) is 5.74. The van der Waals surface area contributed by atoms with Gasteiger partial charge in [0.2, 0.25) is 0 Å². The molecule has 2 N–H and O–H groups in total. The lowest BCUT2D eigenvalue weighted by atomic mass is 10.1. The zero-order valence-corrected chi connectivity index (χ0v) is 14.1. The fraction of sp³-hybridized carbons (Fsp3) is 0.882. The van der Waals surface area contributed by atoms with Crippen molar-refractivity contribution in [1.29, 1.82) is 0 Å². The summed E-state index contributed by atoms with van der Waals surface area (Å²) in [6.07, 6.45) is 11.8. The molecule has 0 fully saturated rings. The number of carbonyl (C=O) groups is 2. The van der Waals surface area contributed by atoms with Gasteiger partial charge in [-0.3, -0.25) is 4.79 Å². The first-order valence-corrected chi connectivity index (χ1v) is 8.79. The van der Waals surface area contributed by atoms with Gasteiger partial charge in [-0.15, -0.1) is 0 Å². The van der Waals surface area contributed by atoms with Gasteiger partial charge in [0, 0.05) is 13.0 Å². The van der Waals surface area contributed by atoms with Gasteiger partial charge in [-0.05, 0) is 25.7 Å². The zero-order chi connectivity index (χ0) is 16.5. The van der Waals surface area contributed by atoms with E-state index in [2.05, 4.69) is 12.2 Å². The predicted molar refractivity (Wildman–Crippen MR) is 88.1 cm³/mol. The number of hydrogen-bond donors (Lipinski definition) is 2. The molecule has 130 valence electrons. The third-order valence-electron chi connectivity index (χ3n) is 3.59. The molecule has 0 aromatic carbocycles. The van der Waals surface area contributed by atoms with E-state index in [1.807, 2.05) is 0 Å². The molecule has 0 rings (SSSR count). The number of rotatable bonds is 15. The van der Waals surface area contributed by atoms with Crippen LogP contribution >= 0.6 is 0 Å². The summed E-state index contributed by atoms with van der Waals surface area (Å²) in [5.41, 5.74) is 0. The molecule has 0 aliphatic rings. The first-order valence-electron chi connectivity index (χ1n) is 8.79. The van der Waals surface area contributed by atoms with Crippen LogP contribution in [-0.2, 0) is 9.53 Å². The number of amides is 1. The second-order valence-electron chi connectivity index (χ2n) is 5.74.